The average Bonchev–Trinajstić information content (AvgIpc) is 2.04. The summed E-state index contributed by atoms with van der Waals surface area (Å²) in [6.07, 6.45) is 2.92. The number of aromatic nitrogens is 2. The van der Waals surface area contributed by atoms with Crippen LogP contribution in [0, 0.1) is 6.92 Å². The van der Waals surface area contributed by atoms with Crippen molar-refractivity contribution in [3.05, 3.63) is 23.8 Å². The number of carbonyl (C=O) groups excluding carboxylic acids is 1. The molecule has 0 aromatic carbocycles. The van der Waals surface area contributed by atoms with Gasteiger partial charge in [-0.3, -0.25) is 4.79 Å². The Hall–Kier alpha value is -1.45. The number of hydrogen-bond acceptors (Lipinski definition) is 3. The third-order valence-corrected chi connectivity index (χ3v) is 1.38. The molecular weight excluding hydrogens is 142 g/mol. The van der Waals surface area contributed by atoms with E-state index in [4.69, 9.17) is 0 Å². The molecule has 0 unspecified atom stereocenters. The second-order valence-corrected chi connectivity index (χ2v) is 2.10. The van der Waals surface area contributed by atoms with Crippen molar-refractivity contribution in [1.82, 2.24) is 15.3 Å². The zero-order valence-electron chi connectivity index (χ0n) is 6.46. The van der Waals surface area contributed by atoms with Gasteiger partial charge in [-0.15, -0.1) is 0 Å². The second kappa shape index (κ2) is 3.09. The van der Waals surface area contributed by atoms with Crippen molar-refractivity contribution in [2.75, 3.05) is 7.05 Å². The summed E-state index contributed by atoms with van der Waals surface area (Å²) in [5, 5.41) is 2.50. The Bertz CT molecular complexity index is 272. The van der Waals surface area contributed by atoms with E-state index in [0.29, 0.717) is 11.3 Å². The van der Waals surface area contributed by atoms with Crippen LogP contribution in [0.3, 0.4) is 0 Å². The average molecular weight is 151 g/mol. The van der Waals surface area contributed by atoms with Crippen LogP contribution < -0.4 is 5.32 Å². The Morgan fingerprint density at radius 2 is 2.36 bits per heavy atom. The van der Waals surface area contributed by atoms with E-state index in [1.807, 2.05) is 0 Å². The van der Waals surface area contributed by atoms with Crippen molar-refractivity contribution in [2.45, 2.75) is 6.92 Å². The van der Waals surface area contributed by atoms with Gasteiger partial charge in [-0.05, 0) is 6.92 Å². The summed E-state index contributed by atoms with van der Waals surface area (Å²) in [4.78, 5) is 18.7. The fourth-order valence-electron chi connectivity index (χ4n) is 0.748. The molecule has 58 valence electrons. The maximum Gasteiger partial charge on any atom is 0.254 e. The van der Waals surface area contributed by atoms with Crippen LogP contribution in [0.15, 0.2) is 12.5 Å². The van der Waals surface area contributed by atoms with Crippen molar-refractivity contribution in [1.29, 1.82) is 0 Å². The number of carbonyl (C=O) groups is 1. The molecule has 1 aromatic heterocycles. The summed E-state index contributed by atoms with van der Waals surface area (Å²) >= 11 is 0. The van der Waals surface area contributed by atoms with E-state index in [-0.39, 0.29) is 5.91 Å². The Labute approximate surface area is 64.7 Å². The van der Waals surface area contributed by atoms with E-state index in [2.05, 4.69) is 15.3 Å². The SMILES string of the molecule is CNC(=O)c1cncnc1C. The Kier molecular flexibility index (Phi) is 2.15. The zero-order chi connectivity index (χ0) is 8.27. The third-order valence-electron chi connectivity index (χ3n) is 1.38. The molecule has 11 heavy (non-hydrogen) atoms. The number of rotatable bonds is 1. The molecule has 1 heterocycles. The van der Waals surface area contributed by atoms with Crippen LogP contribution in [-0.4, -0.2) is 22.9 Å². The van der Waals surface area contributed by atoms with Crippen LogP contribution in [0.25, 0.3) is 0 Å². The summed E-state index contributed by atoms with van der Waals surface area (Å²) < 4.78 is 0. The number of hydrogen-bond donors (Lipinski definition) is 1. The van der Waals surface area contributed by atoms with Gasteiger partial charge in [-0.1, -0.05) is 0 Å². The van der Waals surface area contributed by atoms with Gasteiger partial charge in [-0.25, -0.2) is 9.97 Å². The van der Waals surface area contributed by atoms with Gasteiger partial charge in [0, 0.05) is 13.2 Å². The molecule has 0 atom stereocenters. The van der Waals surface area contributed by atoms with Gasteiger partial charge < -0.3 is 5.32 Å². The molecule has 0 aliphatic carbocycles. The zero-order valence-corrected chi connectivity index (χ0v) is 6.46. The van der Waals surface area contributed by atoms with Crippen LogP contribution in [-0.2, 0) is 0 Å². The van der Waals surface area contributed by atoms with Crippen LogP contribution in [0.4, 0.5) is 0 Å². The molecule has 0 spiro atoms. The molecule has 0 aliphatic rings. The van der Waals surface area contributed by atoms with Gasteiger partial charge in [0.15, 0.2) is 0 Å². The first-order chi connectivity index (χ1) is 5.25. The van der Waals surface area contributed by atoms with Crippen molar-refractivity contribution in [3.63, 3.8) is 0 Å². The molecule has 0 saturated heterocycles. The van der Waals surface area contributed by atoms with E-state index in [1.54, 1.807) is 14.0 Å². The van der Waals surface area contributed by atoms with E-state index in [9.17, 15) is 4.79 Å². The first-order valence-corrected chi connectivity index (χ1v) is 3.24. The fourth-order valence-corrected chi connectivity index (χ4v) is 0.748. The molecule has 0 fully saturated rings. The van der Waals surface area contributed by atoms with E-state index >= 15 is 0 Å². The largest absolute Gasteiger partial charge is 0.355 e. The quantitative estimate of drug-likeness (QED) is 0.621. The molecule has 1 rings (SSSR count). The smallest absolute Gasteiger partial charge is 0.254 e. The van der Waals surface area contributed by atoms with Crippen LogP contribution in [0.1, 0.15) is 16.1 Å². The summed E-state index contributed by atoms with van der Waals surface area (Å²) in [5.74, 6) is -0.150. The van der Waals surface area contributed by atoms with Crippen molar-refractivity contribution in [2.24, 2.45) is 0 Å². The van der Waals surface area contributed by atoms with Gasteiger partial charge >= 0.3 is 0 Å². The molecule has 1 aromatic rings. The number of aryl methyl sites for hydroxylation is 1. The van der Waals surface area contributed by atoms with Crippen LogP contribution >= 0.6 is 0 Å². The monoisotopic (exact) mass is 151 g/mol. The predicted molar refractivity (Wildman–Crippen MR) is 40.2 cm³/mol. The van der Waals surface area contributed by atoms with Crippen molar-refractivity contribution >= 4 is 5.91 Å². The molecule has 4 nitrogen and oxygen atoms in total. The lowest BCUT2D eigenvalue weighted by Gasteiger charge is -2.00. The second-order valence-electron chi connectivity index (χ2n) is 2.10. The summed E-state index contributed by atoms with van der Waals surface area (Å²) in [5.41, 5.74) is 1.22. The highest BCUT2D eigenvalue weighted by Crippen LogP contribution is 1.99. The van der Waals surface area contributed by atoms with Crippen molar-refractivity contribution < 1.29 is 4.79 Å². The first-order valence-electron chi connectivity index (χ1n) is 3.24. The lowest BCUT2D eigenvalue weighted by atomic mass is 10.2. The Balaban J connectivity index is 3.03. The van der Waals surface area contributed by atoms with Gasteiger partial charge in [0.1, 0.15) is 6.33 Å². The molecule has 0 radical (unpaired) electrons. The summed E-state index contributed by atoms with van der Waals surface area (Å²) in [6, 6.07) is 0. The molecule has 0 bridgehead atoms. The fraction of sp³-hybridized carbons (Fsp3) is 0.286. The topological polar surface area (TPSA) is 54.9 Å². The highest BCUT2D eigenvalue weighted by atomic mass is 16.1. The molecule has 1 N–H and O–H groups in total. The lowest BCUT2D eigenvalue weighted by molar-refractivity contribution is 0.0961. The summed E-state index contributed by atoms with van der Waals surface area (Å²) in [7, 11) is 1.58. The minimum Gasteiger partial charge on any atom is -0.355 e. The minimum absolute atomic E-state index is 0.150. The van der Waals surface area contributed by atoms with E-state index in [0.717, 1.165) is 0 Å². The molecular formula is C7H9N3O. The number of nitrogens with zero attached hydrogens (tertiary/aromatic N) is 2. The maximum absolute atomic E-state index is 11.0. The minimum atomic E-state index is -0.150. The normalized spacial score (nSPS) is 9.27. The van der Waals surface area contributed by atoms with Crippen LogP contribution in [0.2, 0.25) is 0 Å². The Morgan fingerprint density at radius 3 is 2.91 bits per heavy atom. The third kappa shape index (κ3) is 1.52. The van der Waals surface area contributed by atoms with E-state index < -0.39 is 0 Å². The lowest BCUT2D eigenvalue weighted by Crippen LogP contribution is -2.19. The Morgan fingerprint density at radius 1 is 1.64 bits per heavy atom. The van der Waals surface area contributed by atoms with Gasteiger partial charge in [0.05, 0.1) is 11.3 Å². The highest BCUT2D eigenvalue weighted by Gasteiger charge is 2.05. The molecule has 0 aliphatic heterocycles. The molecule has 0 saturated carbocycles. The van der Waals surface area contributed by atoms with Gasteiger partial charge in [0.2, 0.25) is 0 Å². The van der Waals surface area contributed by atoms with Gasteiger partial charge in [-0.2, -0.15) is 0 Å². The number of nitrogens with one attached hydrogen (secondary N) is 1. The summed E-state index contributed by atoms with van der Waals surface area (Å²) in [6.45, 7) is 1.77. The molecule has 4 heteroatoms. The van der Waals surface area contributed by atoms with Crippen molar-refractivity contribution in [3.8, 4) is 0 Å². The standard InChI is InChI=1S/C7H9N3O/c1-5-6(7(11)8-2)3-9-4-10-5/h3-4H,1-2H3,(H,8,11). The van der Waals surface area contributed by atoms with Gasteiger partial charge in [0.25, 0.3) is 5.91 Å². The van der Waals surface area contributed by atoms with E-state index in [1.165, 1.54) is 12.5 Å². The predicted octanol–water partition coefficient (Wildman–Crippen LogP) is 0.145. The number of amides is 1. The van der Waals surface area contributed by atoms with Crippen LogP contribution in [0.5, 0.6) is 0 Å². The molecule has 1 amide bonds. The first kappa shape index (κ1) is 7.65. The highest BCUT2D eigenvalue weighted by molar-refractivity contribution is 5.94. The maximum atomic E-state index is 11.0.